The number of aromatic nitrogens is 1. The molecule has 1 aromatic rings. The van der Waals surface area contributed by atoms with Gasteiger partial charge in [-0.3, -0.25) is 9.78 Å². The standard InChI is InChI=1S/C15H21N3O4S.C2HF3O2/c1-2-23(20,21)18-7-5-15(11-18)12(8-17-14(15)19)10-22-13-4-3-6-16-9-13;3-2(4,5)1(6)7/h3-4,6,9,12H,2,5,7-8,10-11H2,1H3,(H,17,19);(H,6,7)/t12-,15+;/m0./s1. The largest absolute Gasteiger partial charge is 0.492 e. The normalized spacial score (nSPS) is 24.3. The lowest BCUT2D eigenvalue weighted by molar-refractivity contribution is -0.192. The minimum Gasteiger partial charge on any atom is -0.492 e. The van der Waals surface area contributed by atoms with E-state index in [1.165, 1.54) is 4.31 Å². The molecule has 1 spiro atoms. The van der Waals surface area contributed by atoms with Crippen molar-refractivity contribution in [2.24, 2.45) is 11.3 Å². The van der Waals surface area contributed by atoms with E-state index in [2.05, 4.69) is 10.3 Å². The minimum absolute atomic E-state index is 0.0488. The van der Waals surface area contributed by atoms with Crippen LogP contribution >= 0.6 is 0 Å². The number of carbonyl (C=O) groups excluding carboxylic acids is 1. The fraction of sp³-hybridized carbons (Fsp3) is 0.588. The third-order valence-corrected chi connectivity index (χ3v) is 6.92. The van der Waals surface area contributed by atoms with Gasteiger partial charge in [0.25, 0.3) is 0 Å². The molecule has 0 radical (unpaired) electrons. The van der Waals surface area contributed by atoms with E-state index in [0.29, 0.717) is 31.9 Å². The van der Waals surface area contributed by atoms with Crippen LogP contribution in [-0.2, 0) is 19.6 Å². The van der Waals surface area contributed by atoms with Gasteiger partial charge in [-0.1, -0.05) is 0 Å². The Balaban J connectivity index is 0.000000396. The predicted molar refractivity (Wildman–Crippen MR) is 98.0 cm³/mol. The predicted octanol–water partition coefficient (Wildman–Crippen LogP) is 0.882. The molecule has 1 aromatic heterocycles. The first kappa shape index (κ1) is 23.9. The molecule has 0 bridgehead atoms. The summed E-state index contributed by atoms with van der Waals surface area (Å²) in [4.78, 5) is 25.3. The first-order valence-corrected chi connectivity index (χ1v) is 10.6. The molecule has 168 valence electrons. The maximum atomic E-state index is 12.4. The Kier molecular flexibility index (Phi) is 7.29. The summed E-state index contributed by atoms with van der Waals surface area (Å²) in [6.45, 7) is 3.14. The summed E-state index contributed by atoms with van der Waals surface area (Å²) in [5.41, 5.74) is -0.676. The van der Waals surface area contributed by atoms with Gasteiger partial charge in [0, 0.05) is 31.7 Å². The molecule has 0 saturated carbocycles. The van der Waals surface area contributed by atoms with E-state index in [0.717, 1.165) is 0 Å². The van der Waals surface area contributed by atoms with Crippen LogP contribution in [0.1, 0.15) is 13.3 Å². The van der Waals surface area contributed by atoms with E-state index in [1.807, 2.05) is 6.07 Å². The third-order valence-electron chi connectivity index (χ3n) is 5.09. The van der Waals surface area contributed by atoms with Gasteiger partial charge in [-0.2, -0.15) is 13.2 Å². The smallest absolute Gasteiger partial charge is 0.490 e. The van der Waals surface area contributed by atoms with Crippen LogP contribution in [0.3, 0.4) is 0 Å². The van der Waals surface area contributed by atoms with Gasteiger partial charge in [0.2, 0.25) is 15.9 Å². The van der Waals surface area contributed by atoms with Crippen molar-refractivity contribution in [2.45, 2.75) is 19.5 Å². The van der Waals surface area contributed by atoms with Crippen molar-refractivity contribution in [1.82, 2.24) is 14.6 Å². The summed E-state index contributed by atoms with van der Waals surface area (Å²) in [6, 6.07) is 3.60. The van der Waals surface area contributed by atoms with Crippen molar-refractivity contribution in [2.75, 3.05) is 32.0 Å². The van der Waals surface area contributed by atoms with Crippen molar-refractivity contribution in [3.8, 4) is 5.75 Å². The molecule has 2 atom stereocenters. The molecule has 2 saturated heterocycles. The number of nitrogens with zero attached hydrogens (tertiary/aromatic N) is 2. The Morgan fingerprint density at radius 3 is 2.67 bits per heavy atom. The molecule has 9 nitrogen and oxygen atoms in total. The number of hydrogen-bond donors (Lipinski definition) is 2. The zero-order valence-electron chi connectivity index (χ0n) is 16.1. The van der Waals surface area contributed by atoms with Crippen LogP contribution in [0.4, 0.5) is 13.2 Å². The number of ether oxygens (including phenoxy) is 1. The summed E-state index contributed by atoms with van der Waals surface area (Å²) in [5, 5.41) is 10.00. The fourth-order valence-electron chi connectivity index (χ4n) is 3.36. The number of pyridine rings is 1. The molecule has 13 heteroatoms. The first-order chi connectivity index (χ1) is 13.9. The Labute approximate surface area is 171 Å². The Morgan fingerprint density at radius 2 is 2.13 bits per heavy atom. The molecule has 2 aliphatic rings. The lowest BCUT2D eigenvalue weighted by Gasteiger charge is -2.27. The topological polar surface area (TPSA) is 126 Å². The molecule has 0 unspecified atom stereocenters. The molecule has 0 aromatic carbocycles. The quantitative estimate of drug-likeness (QED) is 0.678. The number of alkyl halides is 3. The van der Waals surface area contributed by atoms with E-state index in [-0.39, 0.29) is 24.1 Å². The molecule has 30 heavy (non-hydrogen) atoms. The molecular formula is C17H22F3N3O6S. The Morgan fingerprint density at radius 1 is 1.47 bits per heavy atom. The molecule has 2 aliphatic heterocycles. The molecule has 1 amide bonds. The number of hydrogen-bond acceptors (Lipinski definition) is 6. The summed E-state index contributed by atoms with van der Waals surface area (Å²) in [5.74, 6) is -2.16. The van der Waals surface area contributed by atoms with E-state index >= 15 is 0 Å². The van der Waals surface area contributed by atoms with Crippen LogP contribution in [-0.4, -0.2) is 72.9 Å². The number of carbonyl (C=O) groups is 2. The van der Waals surface area contributed by atoms with Crippen molar-refractivity contribution in [3.05, 3.63) is 24.5 Å². The maximum Gasteiger partial charge on any atom is 0.490 e. The van der Waals surface area contributed by atoms with Gasteiger partial charge in [0.1, 0.15) is 5.75 Å². The second-order valence-electron chi connectivity index (χ2n) is 6.85. The molecule has 2 fully saturated rings. The summed E-state index contributed by atoms with van der Waals surface area (Å²) >= 11 is 0. The van der Waals surface area contributed by atoms with Crippen LogP contribution in [0.25, 0.3) is 0 Å². The van der Waals surface area contributed by atoms with Gasteiger partial charge in [-0.15, -0.1) is 0 Å². The van der Waals surface area contributed by atoms with Crippen LogP contribution < -0.4 is 10.1 Å². The summed E-state index contributed by atoms with van der Waals surface area (Å²) in [6.07, 6.45) is -1.25. The average Bonchev–Trinajstić information content (AvgIpc) is 3.27. The highest BCUT2D eigenvalue weighted by atomic mass is 32.2. The third kappa shape index (κ3) is 5.39. The van der Waals surface area contributed by atoms with Gasteiger partial charge in [-0.05, 0) is 25.5 Å². The van der Waals surface area contributed by atoms with E-state index in [1.54, 1.807) is 25.4 Å². The lowest BCUT2D eigenvalue weighted by Crippen LogP contribution is -2.41. The molecule has 2 N–H and O–H groups in total. The highest BCUT2D eigenvalue weighted by molar-refractivity contribution is 7.89. The van der Waals surface area contributed by atoms with Gasteiger partial charge in [-0.25, -0.2) is 17.5 Å². The number of carboxylic acid groups (broad SMARTS) is 1. The maximum absolute atomic E-state index is 12.4. The molecule has 0 aliphatic carbocycles. The van der Waals surface area contributed by atoms with Gasteiger partial charge in [0.05, 0.1) is 24.0 Å². The molecule has 3 heterocycles. The number of sulfonamides is 1. The zero-order valence-corrected chi connectivity index (χ0v) is 16.9. The van der Waals surface area contributed by atoms with Gasteiger partial charge in [0.15, 0.2) is 0 Å². The molecule has 3 rings (SSSR count). The van der Waals surface area contributed by atoms with Crippen molar-refractivity contribution in [3.63, 3.8) is 0 Å². The summed E-state index contributed by atoms with van der Waals surface area (Å²) < 4.78 is 63.1. The van der Waals surface area contributed by atoms with E-state index < -0.39 is 27.6 Å². The number of aliphatic carboxylic acids is 1. The fourth-order valence-corrected chi connectivity index (χ4v) is 4.52. The van der Waals surface area contributed by atoms with Crippen molar-refractivity contribution in [1.29, 1.82) is 0 Å². The van der Waals surface area contributed by atoms with Crippen molar-refractivity contribution >= 4 is 21.9 Å². The highest BCUT2D eigenvalue weighted by Gasteiger charge is 2.55. The molecular weight excluding hydrogens is 431 g/mol. The van der Waals surface area contributed by atoms with Crippen molar-refractivity contribution < 1.29 is 41.0 Å². The van der Waals surface area contributed by atoms with Crippen LogP contribution in [0.2, 0.25) is 0 Å². The summed E-state index contributed by atoms with van der Waals surface area (Å²) in [7, 11) is -3.27. The Bertz CT molecular complexity index is 865. The average molecular weight is 453 g/mol. The number of nitrogens with one attached hydrogen (secondary N) is 1. The monoisotopic (exact) mass is 453 g/mol. The number of rotatable bonds is 5. The second kappa shape index (κ2) is 9.16. The number of halogens is 3. The van der Waals surface area contributed by atoms with Gasteiger partial charge < -0.3 is 15.2 Å². The minimum atomic E-state index is -5.08. The Hall–Kier alpha value is -2.41. The van der Waals surface area contributed by atoms with Crippen LogP contribution in [0.5, 0.6) is 5.75 Å². The van der Waals surface area contributed by atoms with E-state index in [4.69, 9.17) is 14.6 Å². The second-order valence-corrected chi connectivity index (χ2v) is 9.11. The zero-order chi connectivity index (χ0) is 22.6. The highest BCUT2D eigenvalue weighted by Crippen LogP contribution is 2.42. The van der Waals surface area contributed by atoms with Crippen LogP contribution in [0.15, 0.2) is 24.5 Å². The lowest BCUT2D eigenvalue weighted by atomic mass is 9.77. The van der Waals surface area contributed by atoms with Gasteiger partial charge >= 0.3 is 12.1 Å². The SMILES string of the molecule is CCS(=O)(=O)N1CC[C@]2(C1)C(=O)NC[C@H]2COc1cccnc1.O=C(O)C(F)(F)F. The van der Waals surface area contributed by atoms with E-state index in [9.17, 15) is 26.4 Å². The van der Waals surface area contributed by atoms with Crippen LogP contribution in [0, 0.1) is 11.3 Å². The first-order valence-electron chi connectivity index (χ1n) is 9.01. The number of carboxylic acids is 1. The number of amides is 1.